The lowest BCUT2D eigenvalue weighted by Crippen LogP contribution is -2.41. The fourth-order valence-corrected chi connectivity index (χ4v) is 2.85. The lowest BCUT2D eigenvalue weighted by Gasteiger charge is -2.05. The summed E-state index contributed by atoms with van der Waals surface area (Å²) in [4.78, 5) is 27.9. The fraction of sp³-hybridized carbons (Fsp3) is 0. The van der Waals surface area contributed by atoms with Crippen LogP contribution in [0.25, 0.3) is 10.1 Å². The normalized spacial score (nSPS) is 10.4. The van der Waals surface area contributed by atoms with Gasteiger partial charge in [-0.05, 0) is 30.3 Å². The second kappa shape index (κ2) is 5.90. The zero-order valence-corrected chi connectivity index (χ0v) is 12.0. The number of amides is 2. The van der Waals surface area contributed by atoms with Crippen LogP contribution in [0.3, 0.4) is 0 Å². The monoisotopic (exact) mass is 315 g/mol. The van der Waals surface area contributed by atoms with Crippen molar-refractivity contribution in [1.29, 1.82) is 0 Å². The van der Waals surface area contributed by atoms with E-state index in [1.54, 1.807) is 30.5 Å². The van der Waals surface area contributed by atoms with E-state index in [0.29, 0.717) is 20.5 Å². The van der Waals surface area contributed by atoms with Gasteiger partial charge in [0.2, 0.25) is 0 Å². The summed E-state index contributed by atoms with van der Waals surface area (Å²) in [7, 11) is 0. The molecule has 0 aliphatic heterocycles. The van der Waals surface area contributed by atoms with Crippen LogP contribution < -0.4 is 10.9 Å². The van der Waals surface area contributed by atoms with Crippen molar-refractivity contribution in [2.45, 2.75) is 0 Å². The number of nitrogens with one attached hydrogen (secondary N) is 2. The molecule has 0 unspecified atom stereocenters. The molecular formula is C15H10FN3O2S. The first kappa shape index (κ1) is 14.2. The van der Waals surface area contributed by atoms with Crippen molar-refractivity contribution >= 4 is 33.2 Å². The standard InChI is InChI=1S/C15H10FN3O2S/c16-11-4-1-5-12-10(11)7-13(22-12)15(21)19-18-14(20)9-3-2-6-17-8-9/h1-8H,(H,18,20)(H,19,21). The highest BCUT2D eigenvalue weighted by Crippen LogP contribution is 2.27. The first-order valence-electron chi connectivity index (χ1n) is 6.34. The molecule has 7 heteroatoms. The van der Waals surface area contributed by atoms with Crippen LogP contribution >= 0.6 is 11.3 Å². The third-order valence-electron chi connectivity index (χ3n) is 2.95. The topological polar surface area (TPSA) is 71.1 Å². The number of thiophene rings is 1. The number of hydrazine groups is 1. The molecule has 5 nitrogen and oxygen atoms in total. The summed E-state index contributed by atoms with van der Waals surface area (Å²) in [5.74, 6) is -1.36. The SMILES string of the molecule is O=C(NNC(=O)c1cc2c(F)cccc2s1)c1cccnc1. The first-order chi connectivity index (χ1) is 10.6. The number of benzene rings is 1. The molecular weight excluding hydrogens is 305 g/mol. The second-order valence-corrected chi connectivity index (χ2v) is 5.50. The van der Waals surface area contributed by atoms with Crippen molar-refractivity contribution in [3.8, 4) is 0 Å². The van der Waals surface area contributed by atoms with Crippen molar-refractivity contribution in [1.82, 2.24) is 15.8 Å². The Bertz CT molecular complexity index is 848. The van der Waals surface area contributed by atoms with Gasteiger partial charge in [0, 0.05) is 22.5 Å². The molecule has 2 N–H and O–H groups in total. The molecule has 2 amide bonds. The molecule has 1 aromatic carbocycles. The van der Waals surface area contributed by atoms with Gasteiger partial charge in [0.15, 0.2) is 0 Å². The van der Waals surface area contributed by atoms with Gasteiger partial charge >= 0.3 is 0 Å². The van der Waals surface area contributed by atoms with Gasteiger partial charge in [-0.3, -0.25) is 25.4 Å². The molecule has 0 radical (unpaired) electrons. The fourth-order valence-electron chi connectivity index (χ4n) is 1.88. The number of carbonyl (C=O) groups excluding carboxylic acids is 2. The van der Waals surface area contributed by atoms with Gasteiger partial charge < -0.3 is 0 Å². The molecule has 110 valence electrons. The number of rotatable bonds is 2. The maximum absolute atomic E-state index is 13.6. The number of halogens is 1. The molecule has 22 heavy (non-hydrogen) atoms. The molecule has 3 aromatic rings. The Morgan fingerprint density at radius 3 is 2.64 bits per heavy atom. The van der Waals surface area contributed by atoms with Crippen molar-refractivity contribution < 1.29 is 14.0 Å². The number of fused-ring (bicyclic) bond motifs is 1. The molecule has 0 atom stereocenters. The summed E-state index contributed by atoms with van der Waals surface area (Å²) in [6, 6.07) is 9.30. The highest BCUT2D eigenvalue weighted by atomic mass is 32.1. The maximum atomic E-state index is 13.6. The van der Waals surface area contributed by atoms with Gasteiger partial charge in [-0.2, -0.15) is 0 Å². The minimum absolute atomic E-state index is 0.312. The Balaban J connectivity index is 1.71. The lowest BCUT2D eigenvalue weighted by atomic mass is 10.2. The van der Waals surface area contributed by atoms with Gasteiger partial charge in [0.05, 0.1) is 10.4 Å². The van der Waals surface area contributed by atoms with Gasteiger partial charge in [-0.25, -0.2) is 4.39 Å². The average Bonchev–Trinajstić information content (AvgIpc) is 2.99. The minimum Gasteiger partial charge on any atom is -0.267 e. The number of hydrogen-bond donors (Lipinski definition) is 2. The average molecular weight is 315 g/mol. The summed E-state index contributed by atoms with van der Waals surface area (Å²) >= 11 is 1.15. The van der Waals surface area contributed by atoms with Crippen LogP contribution in [0.1, 0.15) is 20.0 Å². The lowest BCUT2D eigenvalue weighted by molar-refractivity contribution is 0.0848. The number of aromatic nitrogens is 1. The van der Waals surface area contributed by atoms with E-state index in [2.05, 4.69) is 15.8 Å². The zero-order chi connectivity index (χ0) is 15.5. The Morgan fingerprint density at radius 1 is 1.09 bits per heavy atom. The van der Waals surface area contributed by atoms with Gasteiger partial charge in [-0.1, -0.05) is 6.07 Å². The largest absolute Gasteiger partial charge is 0.279 e. The van der Waals surface area contributed by atoms with Gasteiger partial charge in [-0.15, -0.1) is 11.3 Å². The summed E-state index contributed by atoms with van der Waals surface area (Å²) in [5.41, 5.74) is 4.91. The van der Waals surface area contributed by atoms with Crippen molar-refractivity contribution in [3.63, 3.8) is 0 Å². The summed E-state index contributed by atoms with van der Waals surface area (Å²) in [6.45, 7) is 0. The first-order valence-corrected chi connectivity index (χ1v) is 7.15. The zero-order valence-electron chi connectivity index (χ0n) is 11.2. The summed E-state index contributed by atoms with van der Waals surface area (Å²) < 4.78 is 14.3. The van der Waals surface area contributed by atoms with Crippen LogP contribution in [0.4, 0.5) is 4.39 Å². The van der Waals surface area contributed by atoms with Crippen LogP contribution in [0, 0.1) is 5.82 Å². The van der Waals surface area contributed by atoms with Crippen LogP contribution in [-0.2, 0) is 0 Å². The molecule has 0 fully saturated rings. The third kappa shape index (κ3) is 2.79. The molecule has 0 spiro atoms. The number of pyridine rings is 1. The van der Waals surface area contributed by atoms with Crippen LogP contribution in [0.5, 0.6) is 0 Å². The molecule has 3 rings (SSSR count). The van der Waals surface area contributed by atoms with E-state index in [1.807, 2.05) is 0 Å². The van der Waals surface area contributed by atoms with Gasteiger partial charge in [0.25, 0.3) is 11.8 Å². The smallest absolute Gasteiger partial charge is 0.267 e. The van der Waals surface area contributed by atoms with E-state index in [1.165, 1.54) is 18.3 Å². The summed E-state index contributed by atoms with van der Waals surface area (Å²) in [6.07, 6.45) is 2.93. The van der Waals surface area contributed by atoms with Crippen molar-refractivity contribution in [3.05, 3.63) is 65.0 Å². The van der Waals surface area contributed by atoms with E-state index < -0.39 is 11.8 Å². The predicted molar refractivity (Wildman–Crippen MR) is 81.0 cm³/mol. The summed E-state index contributed by atoms with van der Waals surface area (Å²) in [5, 5.41) is 0.385. The number of nitrogens with zero attached hydrogens (tertiary/aromatic N) is 1. The van der Waals surface area contributed by atoms with E-state index in [0.717, 1.165) is 11.3 Å². The van der Waals surface area contributed by atoms with E-state index in [4.69, 9.17) is 0 Å². The molecule has 2 aromatic heterocycles. The number of carbonyl (C=O) groups is 2. The number of hydrogen-bond acceptors (Lipinski definition) is 4. The van der Waals surface area contributed by atoms with E-state index >= 15 is 0 Å². The van der Waals surface area contributed by atoms with Crippen LogP contribution in [-0.4, -0.2) is 16.8 Å². The Morgan fingerprint density at radius 2 is 1.91 bits per heavy atom. The minimum atomic E-state index is -0.502. The molecule has 0 bridgehead atoms. The van der Waals surface area contributed by atoms with Crippen molar-refractivity contribution in [2.24, 2.45) is 0 Å². The van der Waals surface area contributed by atoms with E-state index in [-0.39, 0.29) is 5.82 Å². The third-order valence-corrected chi connectivity index (χ3v) is 4.04. The Hall–Kier alpha value is -2.80. The molecule has 0 aliphatic carbocycles. The molecule has 0 saturated heterocycles. The molecule has 2 heterocycles. The molecule has 0 saturated carbocycles. The Labute approximate surface area is 128 Å². The molecule has 0 aliphatic rings. The second-order valence-electron chi connectivity index (χ2n) is 4.41. The predicted octanol–water partition coefficient (Wildman–Crippen LogP) is 2.51. The van der Waals surface area contributed by atoms with E-state index in [9.17, 15) is 14.0 Å². The maximum Gasteiger partial charge on any atom is 0.279 e. The Kier molecular flexibility index (Phi) is 3.80. The highest BCUT2D eigenvalue weighted by molar-refractivity contribution is 7.20. The quantitative estimate of drug-likeness (QED) is 0.714. The highest BCUT2D eigenvalue weighted by Gasteiger charge is 2.13. The van der Waals surface area contributed by atoms with Gasteiger partial charge in [0.1, 0.15) is 5.82 Å². The van der Waals surface area contributed by atoms with Crippen LogP contribution in [0.2, 0.25) is 0 Å². The van der Waals surface area contributed by atoms with Crippen molar-refractivity contribution in [2.75, 3.05) is 0 Å². The van der Waals surface area contributed by atoms with Crippen LogP contribution in [0.15, 0.2) is 48.8 Å².